The molecule has 8 nitrogen and oxygen atoms in total. The van der Waals surface area contributed by atoms with Crippen LogP contribution >= 0.6 is 0 Å². The lowest BCUT2D eigenvalue weighted by Gasteiger charge is -2.44. The molecule has 1 aliphatic carbocycles. The summed E-state index contributed by atoms with van der Waals surface area (Å²) in [5.74, 6) is 5.56. The van der Waals surface area contributed by atoms with Crippen LogP contribution in [0.25, 0.3) is 0 Å². The van der Waals surface area contributed by atoms with Crippen LogP contribution in [0.3, 0.4) is 0 Å². The minimum absolute atomic E-state index is 0.214. The van der Waals surface area contributed by atoms with E-state index in [1.807, 2.05) is 42.5 Å². The monoisotopic (exact) mass is 494 g/mol. The summed E-state index contributed by atoms with van der Waals surface area (Å²) in [5.41, 5.74) is 4.72. The molecule has 2 aromatic carbocycles. The first-order valence-corrected chi connectivity index (χ1v) is 12.7. The number of carbonyl (C=O) groups is 2. The van der Waals surface area contributed by atoms with E-state index in [9.17, 15) is 18.4 Å². The molecule has 2 unspecified atom stereocenters. The number of ketones is 1. The number of carbonyl (C=O) groups excluding carboxylic acids is 1. The Balaban J connectivity index is 1.37. The predicted molar refractivity (Wildman–Crippen MR) is 132 cm³/mol. The van der Waals surface area contributed by atoms with E-state index in [0.717, 1.165) is 45.2 Å². The van der Waals surface area contributed by atoms with Crippen molar-refractivity contribution in [2.45, 2.75) is 38.6 Å². The van der Waals surface area contributed by atoms with Crippen LogP contribution < -0.4 is 4.90 Å². The van der Waals surface area contributed by atoms with E-state index >= 15 is 0 Å². The lowest BCUT2D eigenvalue weighted by molar-refractivity contribution is -0.139. The molecule has 0 amide bonds. The van der Waals surface area contributed by atoms with Gasteiger partial charge in [0.05, 0.1) is 6.42 Å². The van der Waals surface area contributed by atoms with Gasteiger partial charge in [0.15, 0.2) is 5.78 Å². The molecule has 9 heteroatoms. The average molecular weight is 495 g/mol. The number of hydrogen-bond acceptors (Lipinski definition) is 6. The second kappa shape index (κ2) is 11.1. The third-order valence-corrected chi connectivity index (χ3v) is 7.27. The molecule has 2 atom stereocenters. The number of aliphatic carboxylic acids is 1. The summed E-state index contributed by atoms with van der Waals surface area (Å²) in [4.78, 5) is 25.2. The van der Waals surface area contributed by atoms with E-state index in [1.165, 1.54) is 0 Å². The van der Waals surface area contributed by atoms with Gasteiger partial charge in [0.2, 0.25) is 0 Å². The van der Waals surface area contributed by atoms with E-state index in [0.29, 0.717) is 32.6 Å². The lowest BCUT2D eigenvalue weighted by atomic mass is 9.89. The van der Waals surface area contributed by atoms with Crippen LogP contribution in [0.2, 0.25) is 0 Å². The van der Waals surface area contributed by atoms with Gasteiger partial charge in [0, 0.05) is 72.3 Å². The number of carboxylic acid groups (broad SMARTS) is 1. The van der Waals surface area contributed by atoms with E-state index in [4.69, 9.17) is 5.11 Å². The van der Waals surface area contributed by atoms with Gasteiger partial charge in [-0.1, -0.05) is 11.8 Å². The highest BCUT2D eigenvalue weighted by atomic mass is 32.2. The number of anilines is 1. The highest BCUT2D eigenvalue weighted by Gasteiger charge is 2.28. The van der Waals surface area contributed by atoms with Crippen molar-refractivity contribution in [2.24, 2.45) is 0 Å². The van der Waals surface area contributed by atoms with Crippen molar-refractivity contribution in [3.8, 4) is 11.8 Å². The lowest BCUT2D eigenvalue weighted by Crippen LogP contribution is -2.57. The van der Waals surface area contributed by atoms with Crippen molar-refractivity contribution in [1.82, 2.24) is 9.42 Å². The molecule has 184 valence electrons. The molecule has 1 heterocycles. The molecular formula is C26H28N3O5S-. The molecule has 2 aliphatic rings. The molecule has 1 saturated heterocycles. The Kier molecular flexibility index (Phi) is 7.98. The van der Waals surface area contributed by atoms with Crippen LogP contribution in [0.15, 0.2) is 42.5 Å². The first-order chi connectivity index (χ1) is 16.8. The average Bonchev–Trinajstić information content (AvgIpc) is 2.83. The molecule has 2 aromatic rings. The molecule has 35 heavy (non-hydrogen) atoms. The zero-order chi connectivity index (χ0) is 24.9. The highest BCUT2D eigenvalue weighted by Crippen LogP contribution is 2.23. The van der Waals surface area contributed by atoms with Gasteiger partial charge in [-0.15, -0.1) is 0 Å². The fourth-order valence-electron chi connectivity index (χ4n) is 4.63. The molecule has 0 spiro atoms. The zero-order valence-electron chi connectivity index (χ0n) is 19.6. The van der Waals surface area contributed by atoms with Crippen LogP contribution in [0.4, 0.5) is 5.69 Å². The summed E-state index contributed by atoms with van der Waals surface area (Å²) in [6.07, 6.45) is 2.19. The van der Waals surface area contributed by atoms with Crippen molar-refractivity contribution in [3.05, 3.63) is 64.7 Å². The van der Waals surface area contributed by atoms with E-state index in [2.05, 4.69) is 16.7 Å². The first kappa shape index (κ1) is 25.1. The Morgan fingerprint density at radius 3 is 2.40 bits per heavy atom. The van der Waals surface area contributed by atoms with Gasteiger partial charge in [-0.2, -0.15) is 4.41 Å². The summed E-state index contributed by atoms with van der Waals surface area (Å²) in [5, 5.41) is 10.7. The number of benzene rings is 2. The minimum Gasteiger partial charge on any atom is -0.759 e. The molecule has 1 N–H and O–H groups in total. The van der Waals surface area contributed by atoms with Crippen molar-refractivity contribution < 1.29 is 23.5 Å². The fourth-order valence-corrected chi connectivity index (χ4v) is 5.35. The molecule has 4 rings (SSSR count). The number of hydrazine groups is 1. The largest absolute Gasteiger partial charge is 0.759 e. The highest BCUT2D eigenvalue weighted by molar-refractivity contribution is 7.76. The van der Waals surface area contributed by atoms with Crippen LogP contribution in [0.1, 0.15) is 53.2 Å². The van der Waals surface area contributed by atoms with Crippen LogP contribution in [-0.4, -0.2) is 67.3 Å². The summed E-state index contributed by atoms with van der Waals surface area (Å²) < 4.78 is 24.6. The maximum atomic E-state index is 12.0. The predicted octanol–water partition coefficient (Wildman–Crippen LogP) is 2.60. The van der Waals surface area contributed by atoms with Crippen LogP contribution in [-0.2, 0) is 22.5 Å². The van der Waals surface area contributed by atoms with Crippen molar-refractivity contribution >= 4 is 28.7 Å². The number of fused-ring (bicyclic) bond motifs is 1. The second-order valence-electron chi connectivity index (χ2n) is 8.85. The number of nitrogens with zero attached hydrogens (tertiary/aromatic N) is 3. The summed E-state index contributed by atoms with van der Waals surface area (Å²) in [6.45, 7) is 3.78. The zero-order valence-corrected chi connectivity index (χ0v) is 20.4. The number of piperazine rings is 1. The Bertz CT molecular complexity index is 1180. The van der Waals surface area contributed by atoms with E-state index < -0.39 is 23.3 Å². The molecule has 0 bridgehead atoms. The quantitative estimate of drug-likeness (QED) is 0.486. The normalized spacial score (nSPS) is 17.9. The second-order valence-corrected chi connectivity index (χ2v) is 9.66. The third-order valence-electron chi connectivity index (χ3n) is 6.37. The molecule has 1 fully saturated rings. The Labute approximate surface area is 207 Å². The van der Waals surface area contributed by atoms with E-state index in [-0.39, 0.29) is 12.2 Å². The Hall–Kier alpha value is -3.03. The van der Waals surface area contributed by atoms with Crippen molar-refractivity contribution in [2.75, 3.05) is 31.1 Å². The number of aryl methyl sites for hydroxylation is 1. The molecule has 0 saturated carbocycles. The summed E-state index contributed by atoms with van der Waals surface area (Å²) in [7, 11) is 0. The van der Waals surface area contributed by atoms with Gasteiger partial charge in [0.25, 0.3) is 0 Å². The number of hydrogen-bond donors (Lipinski definition) is 1. The van der Waals surface area contributed by atoms with Gasteiger partial charge in [-0.25, -0.2) is 5.01 Å². The molecular weight excluding hydrogens is 466 g/mol. The number of Topliss-reactive ketones (excluding diaryl/α,β-unsaturated/α-hetero) is 1. The molecule has 0 aromatic heterocycles. The maximum absolute atomic E-state index is 12.0. The van der Waals surface area contributed by atoms with E-state index in [1.54, 1.807) is 11.9 Å². The SMILES string of the molecule is CC(CC(=O)O)N(N1CCN(c2ccc(C#Cc3ccc4c(c3)CCCC4=O)cc2)CC1)S(=O)[O-]. The van der Waals surface area contributed by atoms with Gasteiger partial charge >= 0.3 is 5.97 Å². The van der Waals surface area contributed by atoms with Gasteiger partial charge in [-0.05, 0) is 67.8 Å². The molecule has 1 aliphatic heterocycles. The standard InChI is InChI=1S/C26H29N3O5S/c1-19(17-26(31)32)29(35(33)34)28-15-13-27(14-16-28)23-10-7-20(8-11-23)5-6-21-9-12-24-22(18-21)3-2-4-25(24)30/h7-12,18-19H,2-4,13-17H2,1H3,(H,31,32)(H,33,34)/p-1. The van der Waals surface area contributed by atoms with Crippen molar-refractivity contribution in [1.29, 1.82) is 0 Å². The maximum Gasteiger partial charge on any atom is 0.305 e. The number of rotatable bonds is 6. The smallest absolute Gasteiger partial charge is 0.305 e. The number of carboxylic acids is 1. The Morgan fingerprint density at radius 2 is 1.74 bits per heavy atom. The van der Waals surface area contributed by atoms with Gasteiger partial charge < -0.3 is 14.6 Å². The Morgan fingerprint density at radius 1 is 1.09 bits per heavy atom. The topological polar surface area (TPSA) is 104 Å². The summed E-state index contributed by atoms with van der Waals surface area (Å²) in [6, 6.07) is 13.1. The van der Waals surface area contributed by atoms with Crippen molar-refractivity contribution in [3.63, 3.8) is 0 Å². The third kappa shape index (κ3) is 6.16. The van der Waals surface area contributed by atoms with Gasteiger partial charge in [-0.3, -0.25) is 13.8 Å². The van der Waals surface area contributed by atoms with Crippen LogP contribution in [0, 0.1) is 11.8 Å². The molecule has 0 radical (unpaired) electrons. The minimum atomic E-state index is -2.53. The van der Waals surface area contributed by atoms with Gasteiger partial charge in [0.1, 0.15) is 0 Å². The fraction of sp³-hybridized carbons (Fsp3) is 0.385. The van der Waals surface area contributed by atoms with Crippen LogP contribution in [0.5, 0.6) is 0 Å². The first-order valence-electron chi connectivity index (χ1n) is 11.7. The summed E-state index contributed by atoms with van der Waals surface area (Å²) >= 11 is -2.53.